The zero-order chi connectivity index (χ0) is 6.83. The van der Waals surface area contributed by atoms with E-state index >= 15 is 0 Å². The Labute approximate surface area is 49.3 Å². The minimum atomic E-state index is 0.319. The molecule has 0 unspecified atom stereocenters. The van der Waals surface area contributed by atoms with E-state index in [1.807, 2.05) is 6.92 Å². The summed E-state index contributed by atoms with van der Waals surface area (Å²) in [4.78, 5) is 8.95. The second kappa shape index (κ2) is 16.1. The van der Waals surface area contributed by atoms with Crippen LogP contribution in [0.5, 0.6) is 0 Å². The van der Waals surface area contributed by atoms with E-state index in [9.17, 15) is 0 Å². The minimum Gasteiger partial charge on any atom is -0.471 e. The number of carbonyl (C=O) groups excluding carboxylic acids is 1. The molecule has 3 heteroatoms. The highest BCUT2D eigenvalue weighted by Crippen LogP contribution is 1.61. The van der Waals surface area contributed by atoms with E-state index in [-0.39, 0.29) is 0 Å². The van der Waals surface area contributed by atoms with Gasteiger partial charge in [-0.15, -0.1) is 0 Å². The predicted molar refractivity (Wildman–Crippen MR) is 30.4 cm³/mol. The van der Waals surface area contributed by atoms with Gasteiger partial charge in [-0.2, -0.15) is 0 Å². The average molecular weight is 120 g/mol. The van der Waals surface area contributed by atoms with Crippen molar-refractivity contribution < 1.29 is 14.6 Å². The lowest BCUT2D eigenvalue weighted by molar-refractivity contribution is -0.126. The Kier molecular flexibility index (Phi) is 21.0. The number of rotatable bonds is 2. The number of hydrogen-bond acceptors (Lipinski definition) is 3. The van der Waals surface area contributed by atoms with Crippen LogP contribution in [0.4, 0.5) is 0 Å². The van der Waals surface area contributed by atoms with Crippen LogP contribution in [0.3, 0.4) is 0 Å². The largest absolute Gasteiger partial charge is 0.471 e. The van der Waals surface area contributed by atoms with Gasteiger partial charge in [0.05, 0.1) is 7.11 Å². The van der Waals surface area contributed by atoms with Crippen LogP contribution in [0.2, 0.25) is 0 Å². The first kappa shape index (κ1) is 10.4. The van der Waals surface area contributed by atoms with Crippen molar-refractivity contribution in [1.82, 2.24) is 0 Å². The van der Waals surface area contributed by atoms with Crippen LogP contribution in [0.15, 0.2) is 0 Å². The van der Waals surface area contributed by atoms with Crippen molar-refractivity contribution in [3.8, 4) is 0 Å². The van der Waals surface area contributed by atoms with Crippen LogP contribution in [0, 0.1) is 0 Å². The number of methoxy groups -OCH3 is 1. The van der Waals surface area contributed by atoms with Gasteiger partial charge in [0.2, 0.25) is 0 Å². The Balaban J connectivity index is 0. The maximum Gasteiger partial charge on any atom is 0.292 e. The fourth-order valence-electron chi connectivity index (χ4n) is 0. The first-order valence-electron chi connectivity index (χ1n) is 2.40. The van der Waals surface area contributed by atoms with Gasteiger partial charge in [-0.3, -0.25) is 4.79 Å². The van der Waals surface area contributed by atoms with E-state index in [0.29, 0.717) is 13.1 Å². The standard InChI is InChI=1S/C3H8O.C2H4O2/c1-2-3-4;1-4-2-3/h4H,2-3H2,1H3;2H,1H3. The molecule has 0 heterocycles. The summed E-state index contributed by atoms with van der Waals surface area (Å²) in [7, 11) is 1.31. The van der Waals surface area contributed by atoms with Crippen molar-refractivity contribution in [2.45, 2.75) is 13.3 Å². The molecule has 0 saturated carbocycles. The van der Waals surface area contributed by atoms with Gasteiger partial charge in [-0.05, 0) is 6.42 Å². The van der Waals surface area contributed by atoms with Crippen molar-refractivity contribution in [2.24, 2.45) is 0 Å². The SMILES string of the molecule is CCCO.COC=O. The molecule has 0 saturated heterocycles. The molecule has 0 aromatic carbocycles. The molecule has 0 aromatic rings. The maximum absolute atomic E-state index is 8.95. The summed E-state index contributed by atoms with van der Waals surface area (Å²) >= 11 is 0. The van der Waals surface area contributed by atoms with Gasteiger partial charge in [0.15, 0.2) is 0 Å². The quantitative estimate of drug-likeness (QED) is 0.529. The lowest BCUT2D eigenvalue weighted by atomic mass is 10.5. The first-order chi connectivity index (χ1) is 3.83. The summed E-state index contributed by atoms with van der Waals surface area (Å²) in [5.74, 6) is 0. The van der Waals surface area contributed by atoms with Crippen LogP contribution in [-0.2, 0) is 9.53 Å². The maximum atomic E-state index is 8.95. The van der Waals surface area contributed by atoms with E-state index in [0.717, 1.165) is 6.42 Å². The second-order valence-electron chi connectivity index (χ2n) is 1.06. The molecule has 0 amide bonds. The smallest absolute Gasteiger partial charge is 0.292 e. The topological polar surface area (TPSA) is 46.5 Å². The molecule has 3 nitrogen and oxygen atoms in total. The van der Waals surface area contributed by atoms with E-state index in [2.05, 4.69) is 4.74 Å². The van der Waals surface area contributed by atoms with Crippen molar-refractivity contribution in [1.29, 1.82) is 0 Å². The number of aliphatic hydroxyl groups is 1. The van der Waals surface area contributed by atoms with Gasteiger partial charge in [-0.1, -0.05) is 6.92 Å². The third-order valence-corrected chi connectivity index (χ3v) is 0.320. The first-order valence-corrected chi connectivity index (χ1v) is 2.40. The van der Waals surface area contributed by atoms with Gasteiger partial charge in [0.1, 0.15) is 0 Å². The van der Waals surface area contributed by atoms with Crippen molar-refractivity contribution in [3.05, 3.63) is 0 Å². The normalized spacial score (nSPS) is 6.38. The number of aliphatic hydroxyl groups excluding tert-OH is 1. The molecule has 0 rings (SSSR count). The second-order valence-corrected chi connectivity index (χ2v) is 1.06. The van der Waals surface area contributed by atoms with Crippen LogP contribution in [-0.4, -0.2) is 25.3 Å². The summed E-state index contributed by atoms with van der Waals surface area (Å²) < 4.78 is 3.86. The molecular weight excluding hydrogens is 108 g/mol. The van der Waals surface area contributed by atoms with Gasteiger partial charge < -0.3 is 9.84 Å². The Bertz CT molecular complexity index is 34.7. The Hall–Kier alpha value is -0.570. The van der Waals surface area contributed by atoms with E-state index in [1.165, 1.54) is 7.11 Å². The van der Waals surface area contributed by atoms with Crippen LogP contribution >= 0.6 is 0 Å². The van der Waals surface area contributed by atoms with E-state index in [4.69, 9.17) is 9.90 Å². The molecule has 0 aliphatic heterocycles. The molecule has 0 fully saturated rings. The van der Waals surface area contributed by atoms with Gasteiger partial charge in [0.25, 0.3) is 6.47 Å². The summed E-state index contributed by atoms with van der Waals surface area (Å²) in [5.41, 5.74) is 0. The number of carbonyl (C=O) groups is 1. The molecule has 0 spiro atoms. The third kappa shape index (κ3) is 52.1. The number of ether oxygens (including phenoxy) is 1. The van der Waals surface area contributed by atoms with Crippen LogP contribution < -0.4 is 0 Å². The zero-order valence-electron chi connectivity index (χ0n) is 5.26. The molecular formula is C5H12O3. The van der Waals surface area contributed by atoms with Crippen LogP contribution in [0.1, 0.15) is 13.3 Å². The van der Waals surface area contributed by atoms with E-state index < -0.39 is 0 Å². The Morgan fingerprint density at radius 2 is 2.00 bits per heavy atom. The molecule has 0 radical (unpaired) electrons. The lowest BCUT2D eigenvalue weighted by Crippen LogP contribution is -1.69. The highest BCUT2D eigenvalue weighted by molar-refractivity contribution is 5.36. The monoisotopic (exact) mass is 120 g/mol. The summed E-state index contributed by atoms with van der Waals surface area (Å²) in [6.45, 7) is 2.62. The summed E-state index contributed by atoms with van der Waals surface area (Å²) in [6, 6.07) is 0. The van der Waals surface area contributed by atoms with Crippen molar-refractivity contribution >= 4 is 6.47 Å². The molecule has 50 valence electrons. The average Bonchev–Trinajstić information content (AvgIpc) is 1.88. The fourth-order valence-corrected chi connectivity index (χ4v) is 0. The van der Waals surface area contributed by atoms with Gasteiger partial charge in [-0.25, -0.2) is 0 Å². The molecule has 0 aliphatic rings. The highest BCUT2D eigenvalue weighted by atomic mass is 16.5. The Morgan fingerprint density at radius 3 is 2.00 bits per heavy atom. The fraction of sp³-hybridized carbons (Fsp3) is 0.800. The molecule has 0 bridgehead atoms. The Morgan fingerprint density at radius 1 is 1.75 bits per heavy atom. The molecule has 0 aliphatic carbocycles. The van der Waals surface area contributed by atoms with Crippen molar-refractivity contribution in [2.75, 3.05) is 13.7 Å². The van der Waals surface area contributed by atoms with Crippen molar-refractivity contribution in [3.63, 3.8) is 0 Å². The predicted octanol–water partition coefficient (Wildman–Crippen LogP) is 0.178. The summed E-state index contributed by atoms with van der Waals surface area (Å²) in [5, 5.41) is 7.88. The third-order valence-electron chi connectivity index (χ3n) is 0.320. The van der Waals surface area contributed by atoms with Crippen LogP contribution in [0.25, 0.3) is 0 Å². The molecule has 8 heavy (non-hydrogen) atoms. The zero-order valence-corrected chi connectivity index (χ0v) is 5.26. The molecule has 1 N–H and O–H groups in total. The van der Waals surface area contributed by atoms with Gasteiger partial charge in [0, 0.05) is 6.61 Å². The van der Waals surface area contributed by atoms with E-state index in [1.54, 1.807) is 0 Å². The lowest BCUT2D eigenvalue weighted by Gasteiger charge is -1.69. The van der Waals surface area contributed by atoms with Gasteiger partial charge >= 0.3 is 0 Å². The molecule has 0 atom stereocenters. The minimum absolute atomic E-state index is 0.319. The molecule has 0 aromatic heterocycles. The number of hydrogen-bond donors (Lipinski definition) is 1. The summed E-state index contributed by atoms with van der Waals surface area (Å²) in [6.07, 6.45) is 0.875. The highest BCUT2D eigenvalue weighted by Gasteiger charge is 1.57.